The molecule has 1 unspecified atom stereocenters. The van der Waals surface area contributed by atoms with Crippen molar-refractivity contribution < 1.29 is 4.39 Å². The normalized spacial score (nSPS) is 12.4. The van der Waals surface area contributed by atoms with Gasteiger partial charge in [0.1, 0.15) is 5.82 Å². The molecule has 0 amide bonds. The minimum Gasteiger partial charge on any atom is -0.306 e. The minimum atomic E-state index is -0.336. The van der Waals surface area contributed by atoms with Crippen molar-refractivity contribution >= 4 is 27.5 Å². The van der Waals surface area contributed by atoms with E-state index in [4.69, 9.17) is 11.6 Å². The number of nitrogens with one attached hydrogen (secondary N) is 1. The van der Waals surface area contributed by atoms with E-state index in [0.29, 0.717) is 10.6 Å². The fourth-order valence-corrected chi connectivity index (χ4v) is 2.64. The smallest absolute Gasteiger partial charge is 0.146 e. The Hall–Kier alpha value is -0.970. The Kier molecular flexibility index (Phi) is 5.52. The van der Waals surface area contributed by atoms with Crippen LogP contribution in [0.4, 0.5) is 4.39 Å². The molecule has 2 rings (SSSR count). The lowest BCUT2D eigenvalue weighted by atomic mass is 9.99. The van der Waals surface area contributed by atoms with Gasteiger partial charge in [-0.2, -0.15) is 0 Å². The molecular formula is C15H15BrClFN2. The standard InChI is InChI=1S/C15H15BrClFN2/c1-2-6-20-15(11-5-7-19-9-14(11)18)12-8-10(16)3-4-13(12)17/h3-5,7-9,15,20H,2,6H2,1H3. The number of halogens is 3. The van der Waals surface area contributed by atoms with Crippen LogP contribution < -0.4 is 5.32 Å². The summed E-state index contributed by atoms with van der Waals surface area (Å²) in [4.78, 5) is 3.80. The third kappa shape index (κ3) is 3.57. The van der Waals surface area contributed by atoms with Crippen LogP contribution in [0.3, 0.4) is 0 Å². The lowest BCUT2D eigenvalue weighted by molar-refractivity contribution is 0.543. The lowest BCUT2D eigenvalue weighted by Crippen LogP contribution is -2.24. The highest BCUT2D eigenvalue weighted by molar-refractivity contribution is 9.10. The predicted molar refractivity (Wildman–Crippen MR) is 83.5 cm³/mol. The van der Waals surface area contributed by atoms with Crippen molar-refractivity contribution in [3.63, 3.8) is 0 Å². The van der Waals surface area contributed by atoms with Crippen molar-refractivity contribution in [3.8, 4) is 0 Å². The van der Waals surface area contributed by atoms with Gasteiger partial charge in [0.05, 0.1) is 12.2 Å². The van der Waals surface area contributed by atoms with Gasteiger partial charge in [-0.25, -0.2) is 4.39 Å². The first kappa shape index (κ1) is 15.4. The number of pyridine rings is 1. The summed E-state index contributed by atoms with van der Waals surface area (Å²) in [5.74, 6) is -0.336. The molecule has 0 fully saturated rings. The second-order valence-corrected chi connectivity index (χ2v) is 5.77. The van der Waals surface area contributed by atoms with Crippen LogP contribution in [0.5, 0.6) is 0 Å². The maximum absolute atomic E-state index is 14.0. The van der Waals surface area contributed by atoms with E-state index >= 15 is 0 Å². The number of benzene rings is 1. The Labute approximate surface area is 131 Å². The van der Waals surface area contributed by atoms with Gasteiger partial charge in [0.2, 0.25) is 0 Å². The fourth-order valence-electron chi connectivity index (χ4n) is 2.03. The first-order valence-corrected chi connectivity index (χ1v) is 7.58. The molecule has 2 aromatic rings. The van der Waals surface area contributed by atoms with Crippen molar-refractivity contribution in [3.05, 3.63) is 63.1 Å². The van der Waals surface area contributed by atoms with Crippen molar-refractivity contribution in [2.45, 2.75) is 19.4 Å². The van der Waals surface area contributed by atoms with Gasteiger partial charge < -0.3 is 5.32 Å². The Balaban J connectivity index is 2.47. The molecule has 0 bridgehead atoms. The third-order valence-corrected chi connectivity index (χ3v) is 3.82. The second-order valence-electron chi connectivity index (χ2n) is 4.45. The molecule has 1 N–H and O–H groups in total. The number of hydrogen-bond acceptors (Lipinski definition) is 2. The molecule has 1 heterocycles. The van der Waals surface area contributed by atoms with Gasteiger partial charge in [-0.15, -0.1) is 0 Å². The molecule has 0 saturated heterocycles. The fraction of sp³-hybridized carbons (Fsp3) is 0.267. The van der Waals surface area contributed by atoms with Crippen LogP contribution in [0.1, 0.15) is 30.5 Å². The van der Waals surface area contributed by atoms with Crippen molar-refractivity contribution in [1.29, 1.82) is 0 Å². The molecule has 2 nitrogen and oxygen atoms in total. The van der Waals surface area contributed by atoms with Crippen molar-refractivity contribution in [1.82, 2.24) is 10.3 Å². The molecule has 1 aromatic carbocycles. The quantitative estimate of drug-likeness (QED) is 0.837. The van der Waals surface area contributed by atoms with Crippen LogP contribution in [-0.2, 0) is 0 Å². The summed E-state index contributed by atoms with van der Waals surface area (Å²) in [5, 5.41) is 3.95. The molecular weight excluding hydrogens is 343 g/mol. The largest absolute Gasteiger partial charge is 0.306 e. The number of aromatic nitrogens is 1. The van der Waals surface area contributed by atoms with E-state index in [0.717, 1.165) is 23.0 Å². The Morgan fingerprint density at radius 2 is 2.15 bits per heavy atom. The van der Waals surface area contributed by atoms with E-state index in [1.54, 1.807) is 18.3 Å². The van der Waals surface area contributed by atoms with Crippen molar-refractivity contribution in [2.24, 2.45) is 0 Å². The van der Waals surface area contributed by atoms with Gasteiger partial charge in [0.25, 0.3) is 0 Å². The summed E-state index contributed by atoms with van der Waals surface area (Å²) >= 11 is 9.70. The van der Waals surface area contributed by atoms with Gasteiger partial charge in [-0.3, -0.25) is 4.98 Å². The highest BCUT2D eigenvalue weighted by Gasteiger charge is 2.20. The van der Waals surface area contributed by atoms with Crippen LogP contribution in [0.2, 0.25) is 5.02 Å². The maximum Gasteiger partial charge on any atom is 0.146 e. The van der Waals surface area contributed by atoms with Crippen LogP contribution in [0.25, 0.3) is 0 Å². The molecule has 0 saturated carbocycles. The first-order chi connectivity index (χ1) is 9.63. The highest BCUT2D eigenvalue weighted by atomic mass is 79.9. The summed E-state index contributed by atoms with van der Waals surface area (Å²) in [5.41, 5.74) is 1.40. The lowest BCUT2D eigenvalue weighted by Gasteiger charge is -2.21. The predicted octanol–water partition coefficient (Wildman–Crippen LogP) is 4.73. The number of rotatable bonds is 5. The molecule has 0 spiro atoms. The summed E-state index contributed by atoms with van der Waals surface area (Å²) in [6, 6.07) is 6.98. The zero-order chi connectivity index (χ0) is 14.5. The number of hydrogen-bond donors (Lipinski definition) is 1. The monoisotopic (exact) mass is 356 g/mol. The highest BCUT2D eigenvalue weighted by Crippen LogP contribution is 2.31. The van der Waals surface area contributed by atoms with E-state index in [9.17, 15) is 4.39 Å². The van der Waals surface area contributed by atoms with E-state index in [2.05, 4.69) is 33.2 Å². The van der Waals surface area contributed by atoms with Crippen LogP contribution >= 0.6 is 27.5 Å². The third-order valence-electron chi connectivity index (χ3n) is 2.98. The van der Waals surface area contributed by atoms with Gasteiger partial charge in [-0.1, -0.05) is 34.5 Å². The first-order valence-electron chi connectivity index (χ1n) is 6.41. The maximum atomic E-state index is 14.0. The van der Waals surface area contributed by atoms with Crippen LogP contribution in [0.15, 0.2) is 41.1 Å². The SMILES string of the molecule is CCCNC(c1ccncc1F)c1cc(Br)ccc1Cl. The topological polar surface area (TPSA) is 24.9 Å². The number of nitrogens with zero attached hydrogens (tertiary/aromatic N) is 1. The Morgan fingerprint density at radius 3 is 2.85 bits per heavy atom. The van der Waals surface area contributed by atoms with E-state index in [-0.39, 0.29) is 11.9 Å². The molecule has 0 aliphatic heterocycles. The Bertz CT molecular complexity index is 592. The Morgan fingerprint density at radius 1 is 1.35 bits per heavy atom. The van der Waals surface area contributed by atoms with Crippen LogP contribution in [-0.4, -0.2) is 11.5 Å². The zero-order valence-electron chi connectivity index (χ0n) is 11.0. The van der Waals surface area contributed by atoms with Gasteiger partial charge >= 0.3 is 0 Å². The van der Waals surface area contributed by atoms with E-state index < -0.39 is 0 Å². The molecule has 0 aliphatic carbocycles. The van der Waals surface area contributed by atoms with Gasteiger partial charge in [0, 0.05) is 21.3 Å². The summed E-state index contributed by atoms with van der Waals surface area (Å²) in [6.07, 6.45) is 3.77. The molecule has 0 aliphatic rings. The molecule has 1 atom stereocenters. The average molecular weight is 358 g/mol. The molecule has 1 aromatic heterocycles. The van der Waals surface area contributed by atoms with Gasteiger partial charge in [0.15, 0.2) is 0 Å². The molecule has 106 valence electrons. The van der Waals surface area contributed by atoms with Gasteiger partial charge in [-0.05, 0) is 42.8 Å². The summed E-state index contributed by atoms with van der Waals surface area (Å²) < 4.78 is 14.9. The molecule has 0 radical (unpaired) electrons. The van der Waals surface area contributed by atoms with Crippen molar-refractivity contribution in [2.75, 3.05) is 6.54 Å². The average Bonchev–Trinajstić information content (AvgIpc) is 2.44. The molecule has 20 heavy (non-hydrogen) atoms. The zero-order valence-corrected chi connectivity index (χ0v) is 13.4. The van der Waals surface area contributed by atoms with Crippen LogP contribution in [0, 0.1) is 5.82 Å². The minimum absolute atomic E-state index is 0.289. The summed E-state index contributed by atoms with van der Waals surface area (Å²) in [6.45, 7) is 2.84. The molecule has 5 heteroatoms. The van der Waals surface area contributed by atoms with E-state index in [1.165, 1.54) is 6.20 Å². The second kappa shape index (κ2) is 7.16. The summed E-state index contributed by atoms with van der Waals surface area (Å²) in [7, 11) is 0. The van der Waals surface area contributed by atoms with E-state index in [1.807, 2.05) is 12.1 Å².